The summed E-state index contributed by atoms with van der Waals surface area (Å²) in [6, 6.07) is 11.0. The Morgan fingerprint density at radius 1 is 1.10 bits per heavy atom. The zero-order chi connectivity index (χ0) is 20.5. The monoisotopic (exact) mass is 400 g/mol. The quantitative estimate of drug-likeness (QED) is 0.528. The lowest BCUT2D eigenvalue weighted by atomic mass is 10.2. The molecule has 2 N–H and O–H groups in total. The minimum Gasteiger partial charge on any atom is -0.355 e. The Morgan fingerprint density at radius 2 is 1.83 bits per heavy atom. The number of benzene rings is 1. The molecule has 1 unspecified atom stereocenters. The highest BCUT2D eigenvalue weighted by Gasteiger charge is 2.25. The van der Waals surface area contributed by atoms with Crippen LogP contribution in [0.15, 0.2) is 35.3 Å². The topological polar surface area (TPSA) is 63.2 Å². The highest BCUT2D eigenvalue weighted by atomic mass is 16.2. The third-order valence-corrected chi connectivity index (χ3v) is 5.84. The summed E-state index contributed by atoms with van der Waals surface area (Å²) in [5, 5.41) is 6.90. The largest absolute Gasteiger partial charge is 0.355 e. The number of nitrogens with zero attached hydrogens (tertiary/aromatic N) is 4. The lowest BCUT2D eigenvalue weighted by Crippen LogP contribution is -2.50. The molecule has 7 nitrogen and oxygen atoms in total. The van der Waals surface area contributed by atoms with E-state index in [1.54, 1.807) is 0 Å². The van der Waals surface area contributed by atoms with Crippen LogP contribution in [-0.4, -0.2) is 92.0 Å². The minimum absolute atomic E-state index is 0.239. The van der Waals surface area contributed by atoms with Gasteiger partial charge in [0.15, 0.2) is 5.96 Å². The van der Waals surface area contributed by atoms with E-state index in [9.17, 15) is 4.79 Å². The Kier molecular flexibility index (Phi) is 8.31. The molecule has 1 aromatic rings. The fourth-order valence-corrected chi connectivity index (χ4v) is 4.06. The number of guanidine groups is 1. The van der Waals surface area contributed by atoms with Gasteiger partial charge in [-0.05, 0) is 12.0 Å². The number of likely N-dealkylation sites (tertiary alicyclic amines) is 1. The molecule has 3 rings (SSSR count). The normalized spacial score (nSPS) is 21.4. The predicted octanol–water partition coefficient (Wildman–Crippen LogP) is 0.980. The van der Waals surface area contributed by atoms with Crippen LogP contribution in [0.1, 0.15) is 25.3 Å². The van der Waals surface area contributed by atoms with Gasteiger partial charge in [0, 0.05) is 78.4 Å². The van der Waals surface area contributed by atoms with Crippen molar-refractivity contribution >= 4 is 11.9 Å². The van der Waals surface area contributed by atoms with E-state index in [0.717, 1.165) is 71.3 Å². The summed E-state index contributed by atoms with van der Waals surface area (Å²) in [5.41, 5.74) is 1.39. The van der Waals surface area contributed by atoms with Gasteiger partial charge in [-0.25, -0.2) is 0 Å². The SMILES string of the molecule is CCC(=O)N1CCC(NC(=NC)NCCN2CCN(Cc3ccccc3)CC2)C1. The number of hydrogen-bond acceptors (Lipinski definition) is 4. The highest BCUT2D eigenvalue weighted by Crippen LogP contribution is 2.10. The second-order valence-corrected chi connectivity index (χ2v) is 7.93. The molecule has 0 spiro atoms. The maximum absolute atomic E-state index is 11.8. The second-order valence-electron chi connectivity index (χ2n) is 7.93. The van der Waals surface area contributed by atoms with Gasteiger partial charge in [-0.15, -0.1) is 0 Å². The van der Waals surface area contributed by atoms with Crippen LogP contribution in [0.2, 0.25) is 0 Å². The molecular weight excluding hydrogens is 364 g/mol. The Hall–Kier alpha value is -2.12. The van der Waals surface area contributed by atoms with Gasteiger partial charge < -0.3 is 15.5 Å². The van der Waals surface area contributed by atoms with E-state index in [1.807, 2.05) is 18.9 Å². The van der Waals surface area contributed by atoms with Crippen molar-refractivity contribution in [3.05, 3.63) is 35.9 Å². The van der Waals surface area contributed by atoms with E-state index in [2.05, 4.69) is 55.8 Å². The van der Waals surface area contributed by atoms with Crippen LogP contribution in [0.25, 0.3) is 0 Å². The number of piperazine rings is 1. The van der Waals surface area contributed by atoms with Crippen molar-refractivity contribution in [3.8, 4) is 0 Å². The predicted molar refractivity (Wildman–Crippen MR) is 118 cm³/mol. The van der Waals surface area contributed by atoms with Crippen LogP contribution in [0.3, 0.4) is 0 Å². The average molecular weight is 401 g/mol. The van der Waals surface area contributed by atoms with Gasteiger partial charge in [0.05, 0.1) is 0 Å². The van der Waals surface area contributed by atoms with Gasteiger partial charge in [0.2, 0.25) is 5.91 Å². The zero-order valence-corrected chi connectivity index (χ0v) is 17.9. The minimum atomic E-state index is 0.239. The Morgan fingerprint density at radius 3 is 2.52 bits per heavy atom. The van der Waals surface area contributed by atoms with Crippen LogP contribution in [0.5, 0.6) is 0 Å². The molecule has 0 bridgehead atoms. The first-order chi connectivity index (χ1) is 14.2. The van der Waals surface area contributed by atoms with Gasteiger partial charge in [-0.3, -0.25) is 19.6 Å². The first-order valence-electron chi connectivity index (χ1n) is 10.9. The Labute approximate surface area is 175 Å². The molecule has 1 amide bonds. The van der Waals surface area contributed by atoms with Crippen molar-refractivity contribution in [2.75, 3.05) is 59.4 Å². The van der Waals surface area contributed by atoms with E-state index in [4.69, 9.17) is 0 Å². The van der Waals surface area contributed by atoms with Crippen LogP contribution >= 0.6 is 0 Å². The molecule has 2 saturated heterocycles. The summed E-state index contributed by atoms with van der Waals surface area (Å²) in [6.45, 7) is 10.9. The van der Waals surface area contributed by atoms with Crippen LogP contribution in [-0.2, 0) is 11.3 Å². The maximum Gasteiger partial charge on any atom is 0.222 e. The van der Waals surface area contributed by atoms with Crippen molar-refractivity contribution < 1.29 is 4.79 Å². The number of nitrogens with one attached hydrogen (secondary N) is 2. The second kappa shape index (κ2) is 11.2. The summed E-state index contributed by atoms with van der Waals surface area (Å²) in [4.78, 5) is 23.2. The average Bonchev–Trinajstić information content (AvgIpc) is 3.23. The first-order valence-corrected chi connectivity index (χ1v) is 10.9. The molecule has 1 atom stereocenters. The van der Waals surface area contributed by atoms with Crippen LogP contribution < -0.4 is 10.6 Å². The van der Waals surface area contributed by atoms with Crippen molar-refractivity contribution in [2.24, 2.45) is 4.99 Å². The summed E-state index contributed by atoms with van der Waals surface area (Å²) in [7, 11) is 1.81. The van der Waals surface area contributed by atoms with Gasteiger partial charge >= 0.3 is 0 Å². The molecule has 0 aliphatic carbocycles. The van der Waals surface area contributed by atoms with Gasteiger partial charge in [-0.1, -0.05) is 37.3 Å². The highest BCUT2D eigenvalue weighted by molar-refractivity contribution is 5.80. The summed E-state index contributed by atoms with van der Waals surface area (Å²) < 4.78 is 0. The molecule has 2 heterocycles. The van der Waals surface area contributed by atoms with E-state index in [-0.39, 0.29) is 5.91 Å². The molecule has 1 aromatic carbocycles. The molecule has 0 radical (unpaired) electrons. The van der Waals surface area contributed by atoms with Crippen molar-refractivity contribution in [1.82, 2.24) is 25.3 Å². The molecule has 160 valence electrons. The van der Waals surface area contributed by atoms with E-state index < -0.39 is 0 Å². The molecule has 0 saturated carbocycles. The van der Waals surface area contributed by atoms with Crippen molar-refractivity contribution in [1.29, 1.82) is 0 Å². The van der Waals surface area contributed by atoms with Gasteiger partial charge in [0.25, 0.3) is 0 Å². The Bertz CT molecular complexity index is 657. The number of rotatable bonds is 7. The molecular formula is C22H36N6O. The summed E-state index contributed by atoms with van der Waals surface area (Å²) in [6.07, 6.45) is 1.56. The third kappa shape index (κ3) is 6.72. The van der Waals surface area contributed by atoms with Crippen LogP contribution in [0, 0.1) is 0 Å². The lowest BCUT2D eigenvalue weighted by molar-refractivity contribution is -0.129. The molecule has 29 heavy (non-hydrogen) atoms. The summed E-state index contributed by atoms with van der Waals surface area (Å²) >= 11 is 0. The van der Waals surface area contributed by atoms with Gasteiger partial charge in [0.1, 0.15) is 0 Å². The van der Waals surface area contributed by atoms with Crippen LogP contribution in [0.4, 0.5) is 0 Å². The first kappa shape index (κ1) is 21.6. The number of hydrogen-bond donors (Lipinski definition) is 2. The zero-order valence-electron chi connectivity index (χ0n) is 17.9. The van der Waals surface area contributed by atoms with E-state index in [0.29, 0.717) is 12.5 Å². The number of amides is 1. The number of carbonyl (C=O) groups excluding carboxylic acids is 1. The van der Waals surface area contributed by atoms with E-state index in [1.165, 1.54) is 5.56 Å². The smallest absolute Gasteiger partial charge is 0.222 e. The molecule has 2 aliphatic rings. The Balaban J connectivity index is 1.31. The van der Waals surface area contributed by atoms with E-state index >= 15 is 0 Å². The number of aliphatic imine (C=N–C) groups is 1. The maximum atomic E-state index is 11.8. The lowest BCUT2D eigenvalue weighted by Gasteiger charge is -2.34. The molecule has 2 fully saturated rings. The fourth-order valence-electron chi connectivity index (χ4n) is 4.06. The number of carbonyl (C=O) groups is 1. The molecule has 2 aliphatic heterocycles. The standard InChI is InChI=1S/C22H36N6O/c1-3-21(29)28-11-9-20(18-28)25-22(23-2)24-10-12-26-13-15-27(16-14-26)17-19-7-5-4-6-8-19/h4-8,20H,3,9-18H2,1-2H3,(H2,23,24,25). The summed E-state index contributed by atoms with van der Waals surface area (Å²) in [5.74, 6) is 1.08. The molecule has 0 aromatic heterocycles. The van der Waals surface area contributed by atoms with Crippen molar-refractivity contribution in [2.45, 2.75) is 32.4 Å². The van der Waals surface area contributed by atoms with Gasteiger partial charge in [-0.2, -0.15) is 0 Å². The molecule has 7 heteroatoms. The van der Waals surface area contributed by atoms with Crippen molar-refractivity contribution in [3.63, 3.8) is 0 Å². The fraction of sp³-hybridized carbons (Fsp3) is 0.636. The third-order valence-electron chi connectivity index (χ3n) is 5.84.